The molecule has 1 heterocycles. The van der Waals surface area contributed by atoms with Crippen molar-refractivity contribution in [2.45, 2.75) is 40.7 Å². The number of carbonyl (C=O) groups excluding carboxylic acids is 2. The molecule has 140 valence electrons. The summed E-state index contributed by atoms with van der Waals surface area (Å²) >= 11 is 0. The van der Waals surface area contributed by atoms with Crippen molar-refractivity contribution in [1.82, 2.24) is 4.57 Å². The second-order valence-corrected chi connectivity index (χ2v) is 6.51. The van der Waals surface area contributed by atoms with Gasteiger partial charge in [-0.3, -0.25) is 9.69 Å². The molecule has 0 aliphatic heterocycles. The molecule has 2 amide bonds. The van der Waals surface area contributed by atoms with Crippen LogP contribution < -0.4 is 10.2 Å². The lowest BCUT2D eigenvalue weighted by molar-refractivity contribution is 0.102. The van der Waals surface area contributed by atoms with E-state index in [2.05, 4.69) is 23.7 Å². The van der Waals surface area contributed by atoms with Crippen molar-refractivity contribution in [2.24, 2.45) is 0 Å². The van der Waals surface area contributed by atoms with Gasteiger partial charge in [-0.2, -0.15) is 0 Å². The first-order valence-electron chi connectivity index (χ1n) is 8.76. The highest BCUT2D eigenvalue weighted by Gasteiger charge is 2.17. The lowest BCUT2D eigenvalue weighted by atomic mass is 10.2. The Morgan fingerprint density at radius 3 is 2.31 bits per heavy atom. The summed E-state index contributed by atoms with van der Waals surface area (Å²) in [5.41, 5.74) is 4.05. The molecule has 1 aromatic heterocycles. The zero-order valence-corrected chi connectivity index (χ0v) is 16.3. The molecule has 0 fully saturated rings. The summed E-state index contributed by atoms with van der Waals surface area (Å²) in [6.07, 6.45) is -0.412. The Labute approximate surface area is 154 Å². The minimum atomic E-state index is -0.412. The third kappa shape index (κ3) is 4.07. The highest BCUT2D eigenvalue weighted by molar-refractivity contribution is 6.05. The van der Waals surface area contributed by atoms with Crippen LogP contribution in [0.2, 0.25) is 0 Å². The lowest BCUT2D eigenvalue weighted by Gasteiger charge is -2.17. The normalized spacial score (nSPS) is 10.7. The molecule has 1 N–H and O–H groups in total. The number of aryl methyl sites for hydroxylation is 1. The van der Waals surface area contributed by atoms with Crippen LogP contribution in [0.15, 0.2) is 30.3 Å². The van der Waals surface area contributed by atoms with E-state index in [1.165, 1.54) is 4.90 Å². The predicted molar refractivity (Wildman–Crippen MR) is 104 cm³/mol. The molecule has 0 bridgehead atoms. The first-order valence-corrected chi connectivity index (χ1v) is 8.76. The molecular weight excluding hydrogens is 330 g/mol. The number of hydrogen-bond donors (Lipinski definition) is 1. The van der Waals surface area contributed by atoms with E-state index in [9.17, 15) is 9.59 Å². The van der Waals surface area contributed by atoms with E-state index in [1.807, 2.05) is 19.9 Å². The van der Waals surface area contributed by atoms with E-state index in [0.29, 0.717) is 29.6 Å². The van der Waals surface area contributed by atoms with Crippen LogP contribution in [0.3, 0.4) is 0 Å². The maximum Gasteiger partial charge on any atom is 0.413 e. The number of hydrogen-bond acceptors (Lipinski definition) is 3. The molecule has 0 radical (unpaired) electrons. The van der Waals surface area contributed by atoms with Gasteiger partial charge in [-0.15, -0.1) is 0 Å². The Morgan fingerprint density at radius 1 is 1.19 bits per heavy atom. The molecule has 6 heteroatoms. The number of anilines is 2. The fraction of sp³-hybridized carbons (Fsp3) is 0.400. The van der Waals surface area contributed by atoms with Crippen LogP contribution in [-0.4, -0.2) is 30.2 Å². The molecule has 1 aromatic carbocycles. The number of benzene rings is 1. The van der Waals surface area contributed by atoms with Gasteiger partial charge in [0.2, 0.25) is 0 Å². The number of aromatic nitrogens is 1. The van der Waals surface area contributed by atoms with Crippen LogP contribution in [0.25, 0.3) is 0 Å². The van der Waals surface area contributed by atoms with Gasteiger partial charge in [0.15, 0.2) is 0 Å². The topological polar surface area (TPSA) is 63.6 Å². The van der Waals surface area contributed by atoms with E-state index in [4.69, 9.17) is 4.74 Å². The van der Waals surface area contributed by atoms with Crippen molar-refractivity contribution in [3.05, 3.63) is 47.3 Å². The Hall–Kier alpha value is -2.76. The Balaban J connectivity index is 2.13. The third-order valence-corrected chi connectivity index (χ3v) is 4.30. The van der Waals surface area contributed by atoms with Gasteiger partial charge in [-0.05, 0) is 65.0 Å². The molecule has 0 unspecified atom stereocenters. The summed E-state index contributed by atoms with van der Waals surface area (Å²) in [4.78, 5) is 25.8. The summed E-state index contributed by atoms with van der Waals surface area (Å²) in [6.45, 7) is 10.2. The fourth-order valence-electron chi connectivity index (χ4n) is 3.09. The standard InChI is InChI=1S/C20H27N3O3/c1-7-26-20(25)22(6)17-10-8-16(9-11-17)21-19(24)18-12-14(4)23(13(2)3)15(18)5/h8-13H,7H2,1-6H3,(H,21,24). The number of carbonyl (C=O) groups is 2. The number of nitrogens with one attached hydrogen (secondary N) is 1. The van der Waals surface area contributed by atoms with E-state index in [0.717, 1.165) is 11.4 Å². The molecule has 26 heavy (non-hydrogen) atoms. The first kappa shape index (κ1) is 19.6. The molecule has 0 saturated heterocycles. The quantitative estimate of drug-likeness (QED) is 0.855. The molecule has 0 atom stereocenters. The summed E-state index contributed by atoms with van der Waals surface area (Å²) in [7, 11) is 1.65. The average molecular weight is 357 g/mol. The fourth-order valence-corrected chi connectivity index (χ4v) is 3.09. The number of ether oxygens (including phenoxy) is 1. The average Bonchev–Trinajstić information content (AvgIpc) is 2.89. The second-order valence-electron chi connectivity index (χ2n) is 6.51. The highest BCUT2D eigenvalue weighted by Crippen LogP contribution is 2.22. The van der Waals surface area contributed by atoms with E-state index < -0.39 is 6.09 Å². The van der Waals surface area contributed by atoms with Gasteiger partial charge in [-0.25, -0.2) is 4.79 Å². The predicted octanol–water partition coefficient (Wildman–Crippen LogP) is 4.53. The second kappa shape index (κ2) is 8.08. The minimum absolute atomic E-state index is 0.142. The molecule has 2 rings (SSSR count). The largest absolute Gasteiger partial charge is 0.449 e. The first-order chi connectivity index (χ1) is 12.3. The van der Waals surface area contributed by atoms with Gasteiger partial charge in [0.25, 0.3) is 5.91 Å². The summed E-state index contributed by atoms with van der Waals surface area (Å²) in [6, 6.07) is 9.28. The number of amides is 2. The highest BCUT2D eigenvalue weighted by atomic mass is 16.6. The Bertz CT molecular complexity index is 791. The van der Waals surface area contributed by atoms with Crippen LogP contribution in [0.4, 0.5) is 16.2 Å². The van der Waals surface area contributed by atoms with E-state index in [-0.39, 0.29) is 5.91 Å². The van der Waals surface area contributed by atoms with Crippen molar-refractivity contribution in [3.8, 4) is 0 Å². The van der Waals surface area contributed by atoms with Gasteiger partial charge >= 0.3 is 6.09 Å². The van der Waals surface area contributed by atoms with Crippen molar-refractivity contribution >= 4 is 23.4 Å². The van der Waals surface area contributed by atoms with Gasteiger partial charge in [-0.1, -0.05) is 0 Å². The van der Waals surface area contributed by atoms with Crippen molar-refractivity contribution < 1.29 is 14.3 Å². The SMILES string of the molecule is CCOC(=O)N(C)c1ccc(NC(=O)c2cc(C)n(C(C)C)c2C)cc1. The monoisotopic (exact) mass is 357 g/mol. The van der Waals surface area contributed by atoms with Gasteiger partial charge in [0, 0.05) is 35.9 Å². The van der Waals surface area contributed by atoms with Gasteiger partial charge in [0.1, 0.15) is 0 Å². The molecule has 0 saturated carbocycles. The van der Waals surface area contributed by atoms with Crippen LogP contribution in [-0.2, 0) is 4.74 Å². The summed E-state index contributed by atoms with van der Waals surface area (Å²) in [5.74, 6) is -0.142. The zero-order chi connectivity index (χ0) is 19.4. The molecule has 0 aliphatic carbocycles. The number of rotatable bonds is 5. The van der Waals surface area contributed by atoms with Crippen LogP contribution in [0.5, 0.6) is 0 Å². The van der Waals surface area contributed by atoms with Gasteiger partial charge < -0.3 is 14.6 Å². The van der Waals surface area contributed by atoms with Crippen molar-refractivity contribution in [2.75, 3.05) is 23.9 Å². The zero-order valence-electron chi connectivity index (χ0n) is 16.3. The van der Waals surface area contributed by atoms with Crippen LogP contribution >= 0.6 is 0 Å². The maximum atomic E-state index is 12.6. The van der Waals surface area contributed by atoms with Gasteiger partial charge in [0.05, 0.1) is 12.2 Å². The van der Waals surface area contributed by atoms with E-state index >= 15 is 0 Å². The maximum absolute atomic E-state index is 12.6. The Kier molecular flexibility index (Phi) is 6.08. The molecule has 0 aliphatic rings. The molecule has 0 spiro atoms. The lowest BCUT2D eigenvalue weighted by Crippen LogP contribution is -2.26. The summed E-state index contributed by atoms with van der Waals surface area (Å²) in [5, 5.41) is 2.91. The molecule has 6 nitrogen and oxygen atoms in total. The summed E-state index contributed by atoms with van der Waals surface area (Å²) < 4.78 is 7.12. The molecule has 2 aromatic rings. The van der Waals surface area contributed by atoms with Crippen molar-refractivity contribution in [1.29, 1.82) is 0 Å². The minimum Gasteiger partial charge on any atom is -0.449 e. The Morgan fingerprint density at radius 2 is 1.81 bits per heavy atom. The van der Waals surface area contributed by atoms with Crippen LogP contribution in [0, 0.1) is 13.8 Å². The van der Waals surface area contributed by atoms with Crippen LogP contribution in [0.1, 0.15) is 48.6 Å². The third-order valence-electron chi connectivity index (χ3n) is 4.30. The van der Waals surface area contributed by atoms with E-state index in [1.54, 1.807) is 38.2 Å². The van der Waals surface area contributed by atoms with Crippen molar-refractivity contribution in [3.63, 3.8) is 0 Å². The molecular formula is C20H27N3O3. The smallest absolute Gasteiger partial charge is 0.413 e. The number of nitrogens with zero attached hydrogens (tertiary/aromatic N) is 2.